The quantitative estimate of drug-likeness (QED) is 0.804. The van der Waals surface area contributed by atoms with Gasteiger partial charge < -0.3 is 0 Å². The summed E-state index contributed by atoms with van der Waals surface area (Å²) in [7, 11) is -3.56. The van der Waals surface area contributed by atoms with Crippen LogP contribution in [0.15, 0.2) is 41.6 Å². The van der Waals surface area contributed by atoms with Gasteiger partial charge in [0, 0.05) is 12.4 Å². The highest BCUT2D eigenvalue weighted by Gasteiger charge is 2.29. The highest BCUT2D eigenvalue weighted by molar-refractivity contribution is 7.90. The van der Waals surface area contributed by atoms with Gasteiger partial charge in [0.2, 0.25) is 0 Å². The summed E-state index contributed by atoms with van der Waals surface area (Å²) in [5.41, 5.74) is 2.96. The largest absolute Gasteiger partial charge is 0.267 e. The van der Waals surface area contributed by atoms with Crippen molar-refractivity contribution in [3.05, 3.63) is 53.3 Å². The predicted molar refractivity (Wildman–Crippen MR) is 95.6 cm³/mol. The first-order valence-corrected chi connectivity index (χ1v) is 9.33. The van der Waals surface area contributed by atoms with Crippen molar-refractivity contribution < 1.29 is 8.42 Å². The highest BCUT2D eigenvalue weighted by Crippen LogP contribution is 2.35. The van der Waals surface area contributed by atoms with Gasteiger partial charge in [-0.05, 0) is 41.0 Å². The number of hydrogen-bond acceptors (Lipinski definition) is 2. The zero-order valence-corrected chi connectivity index (χ0v) is 16.0. The van der Waals surface area contributed by atoms with E-state index in [9.17, 15) is 8.42 Å². The van der Waals surface area contributed by atoms with E-state index in [0.29, 0.717) is 4.90 Å². The van der Waals surface area contributed by atoms with E-state index < -0.39 is 10.0 Å². The van der Waals surface area contributed by atoms with Gasteiger partial charge in [-0.2, -0.15) is 0 Å². The molecular weight excluding hydrogens is 306 g/mol. The van der Waals surface area contributed by atoms with Crippen LogP contribution in [0.1, 0.15) is 58.2 Å². The molecule has 0 aliphatic heterocycles. The van der Waals surface area contributed by atoms with E-state index in [2.05, 4.69) is 41.5 Å². The summed E-state index contributed by atoms with van der Waals surface area (Å²) in [6.45, 7) is 14.6. The maximum absolute atomic E-state index is 12.9. The van der Waals surface area contributed by atoms with Gasteiger partial charge in [0.25, 0.3) is 10.0 Å². The smallest absolute Gasteiger partial charge is 0.248 e. The Bertz CT molecular complexity index is 767. The number of aryl methyl sites for hydroxylation is 1. The molecule has 2 aromatic rings. The summed E-state index contributed by atoms with van der Waals surface area (Å²) in [5.74, 6) is 0. The van der Waals surface area contributed by atoms with Gasteiger partial charge in [-0.3, -0.25) is 0 Å². The first kappa shape index (κ1) is 17.8. The second-order valence-electron chi connectivity index (χ2n) is 8.23. The fourth-order valence-corrected chi connectivity index (χ4v) is 3.81. The van der Waals surface area contributed by atoms with Crippen LogP contribution in [0.4, 0.5) is 0 Å². The fraction of sp³-hybridized carbons (Fsp3) is 0.474. The summed E-state index contributed by atoms with van der Waals surface area (Å²) in [5, 5.41) is 0. The van der Waals surface area contributed by atoms with Crippen LogP contribution in [-0.2, 0) is 20.9 Å². The molecule has 0 amide bonds. The third-order valence-corrected chi connectivity index (χ3v) is 5.65. The van der Waals surface area contributed by atoms with Crippen LogP contribution in [0, 0.1) is 6.92 Å². The predicted octanol–water partition coefficient (Wildman–Crippen LogP) is 4.63. The normalized spacial score (nSPS) is 13.3. The maximum Gasteiger partial charge on any atom is 0.267 e. The lowest BCUT2D eigenvalue weighted by Gasteiger charge is -2.26. The molecule has 2 rings (SSSR count). The average Bonchev–Trinajstić information content (AvgIpc) is 2.84. The molecular formula is C19H27NO2S. The molecule has 0 saturated carbocycles. The minimum atomic E-state index is -3.56. The standard InChI is InChI=1S/C19H27NO2S/c1-14-8-10-15(11-9-14)23(21,22)20-12-16(18(2,3)4)17(13-20)19(5,6)7/h8-13H,1-7H3. The van der Waals surface area contributed by atoms with E-state index in [1.54, 1.807) is 24.5 Å². The van der Waals surface area contributed by atoms with Crippen LogP contribution in [0.2, 0.25) is 0 Å². The average molecular weight is 333 g/mol. The summed E-state index contributed by atoms with van der Waals surface area (Å²) in [4.78, 5) is 0.319. The van der Waals surface area contributed by atoms with Crippen LogP contribution >= 0.6 is 0 Å². The zero-order valence-electron chi connectivity index (χ0n) is 15.1. The number of nitrogens with zero attached hydrogens (tertiary/aromatic N) is 1. The molecule has 0 atom stereocenters. The molecule has 1 aromatic heterocycles. The first-order chi connectivity index (χ1) is 10.3. The second kappa shape index (κ2) is 5.52. The molecule has 0 bridgehead atoms. The van der Waals surface area contributed by atoms with Crippen LogP contribution in [0.5, 0.6) is 0 Å². The zero-order chi connectivity index (χ0) is 17.6. The Morgan fingerprint density at radius 2 is 1.17 bits per heavy atom. The highest BCUT2D eigenvalue weighted by atomic mass is 32.2. The lowest BCUT2D eigenvalue weighted by molar-refractivity contribution is 0.534. The Balaban J connectivity index is 2.65. The van der Waals surface area contributed by atoms with Crippen LogP contribution in [0.25, 0.3) is 0 Å². The van der Waals surface area contributed by atoms with Gasteiger partial charge in [0.15, 0.2) is 0 Å². The van der Waals surface area contributed by atoms with E-state index >= 15 is 0 Å². The summed E-state index contributed by atoms with van der Waals surface area (Å²) in [6, 6.07) is 6.98. The maximum atomic E-state index is 12.9. The van der Waals surface area contributed by atoms with Crippen molar-refractivity contribution in [3.63, 3.8) is 0 Å². The number of aromatic nitrogens is 1. The van der Waals surface area contributed by atoms with E-state index in [0.717, 1.165) is 16.7 Å². The lowest BCUT2D eigenvalue weighted by Crippen LogP contribution is -2.19. The Hall–Kier alpha value is -1.55. The topological polar surface area (TPSA) is 39.1 Å². The van der Waals surface area contributed by atoms with Crippen LogP contribution in [-0.4, -0.2) is 12.4 Å². The molecule has 0 radical (unpaired) electrons. The Kier molecular flexibility index (Phi) is 4.27. The molecule has 0 aliphatic rings. The molecule has 3 nitrogen and oxygen atoms in total. The lowest BCUT2D eigenvalue weighted by atomic mass is 9.78. The van der Waals surface area contributed by atoms with Gasteiger partial charge in [-0.15, -0.1) is 0 Å². The minimum absolute atomic E-state index is 0.114. The Morgan fingerprint density at radius 1 is 0.783 bits per heavy atom. The van der Waals surface area contributed by atoms with Gasteiger partial charge in [-0.25, -0.2) is 12.4 Å². The minimum Gasteiger partial charge on any atom is -0.248 e. The van der Waals surface area contributed by atoms with Crippen molar-refractivity contribution >= 4 is 10.0 Å². The molecule has 0 aliphatic carbocycles. The number of hydrogen-bond donors (Lipinski definition) is 0. The summed E-state index contributed by atoms with van der Waals surface area (Å²) < 4.78 is 27.2. The van der Waals surface area contributed by atoms with Crippen LogP contribution < -0.4 is 0 Å². The van der Waals surface area contributed by atoms with Crippen molar-refractivity contribution in [3.8, 4) is 0 Å². The van der Waals surface area contributed by atoms with E-state index in [1.165, 1.54) is 3.97 Å². The summed E-state index contributed by atoms with van der Waals surface area (Å²) in [6.07, 6.45) is 3.55. The van der Waals surface area contributed by atoms with Gasteiger partial charge in [-0.1, -0.05) is 59.2 Å². The van der Waals surface area contributed by atoms with Crippen LogP contribution in [0.3, 0.4) is 0 Å². The fourth-order valence-electron chi connectivity index (χ4n) is 2.60. The van der Waals surface area contributed by atoms with E-state index in [-0.39, 0.29) is 10.8 Å². The molecule has 1 aromatic carbocycles. The molecule has 0 unspecified atom stereocenters. The number of benzene rings is 1. The second-order valence-corrected chi connectivity index (χ2v) is 10.1. The molecule has 0 spiro atoms. The third-order valence-electron chi connectivity index (χ3n) is 4.02. The molecule has 23 heavy (non-hydrogen) atoms. The van der Waals surface area contributed by atoms with Gasteiger partial charge in [0.05, 0.1) is 4.90 Å². The molecule has 4 heteroatoms. The van der Waals surface area contributed by atoms with E-state index in [4.69, 9.17) is 0 Å². The van der Waals surface area contributed by atoms with Crippen molar-refractivity contribution in [2.24, 2.45) is 0 Å². The van der Waals surface area contributed by atoms with E-state index in [1.807, 2.05) is 19.1 Å². The van der Waals surface area contributed by atoms with Crippen molar-refractivity contribution in [1.29, 1.82) is 0 Å². The molecule has 0 N–H and O–H groups in total. The molecule has 126 valence electrons. The third kappa shape index (κ3) is 3.52. The van der Waals surface area contributed by atoms with Crippen molar-refractivity contribution in [2.45, 2.75) is 64.2 Å². The molecule has 0 fully saturated rings. The summed E-state index contributed by atoms with van der Waals surface area (Å²) >= 11 is 0. The SMILES string of the molecule is Cc1ccc(S(=O)(=O)n2cc(C(C)(C)C)c(C(C)(C)C)c2)cc1. The van der Waals surface area contributed by atoms with Crippen molar-refractivity contribution in [1.82, 2.24) is 3.97 Å². The first-order valence-electron chi connectivity index (χ1n) is 7.89. The Labute approximate surface area is 140 Å². The monoisotopic (exact) mass is 333 g/mol. The number of rotatable bonds is 2. The van der Waals surface area contributed by atoms with Gasteiger partial charge in [0.1, 0.15) is 0 Å². The van der Waals surface area contributed by atoms with Crippen molar-refractivity contribution in [2.75, 3.05) is 0 Å². The van der Waals surface area contributed by atoms with Gasteiger partial charge >= 0.3 is 0 Å². The molecule has 1 heterocycles. The molecule has 0 saturated heterocycles. The Morgan fingerprint density at radius 3 is 1.52 bits per heavy atom.